The Kier molecular flexibility index (Phi) is 3.29. The van der Waals surface area contributed by atoms with Gasteiger partial charge in [0.25, 0.3) is 0 Å². The zero-order valence-electron chi connectivity index (χ0n) is 12.3. The Bertz CT molecular complexity index is 642. The lowest BCUT2D eigenvalue weighted by Crippen LogP contribution is -2.48. The molecular formula is C15H19N5O. The van der Waals surface area contributed by atoms with Crippen molar-refractivity contribution in [3.8, 4) is 11.3 Å². The highest BCUT2D eigenvalue weighted by molar-refractivity contribution is 5.82. The van der Waals surface area contributed by atoms with E-state index in [2.05, 4.69) is 10.00 Å². The van der Waals surface area contributed by atoms with Gasteiger partial charge in [0.15, 0.2) is 0 Å². The minimum atomic E-state index is 0.155. The average molecular weight is 285 g/mol. The third kappa shape index (κ3) is 2.56. The van der Waals surface area contributed by atoms with E-state index < -0.39 is 0 Å². The monoisotopic (exact) mass is 285 g/mol. The van der Waals surface area contributed by atoms with Crippen LogP contribution in [0.1, 0.15) is 0 Å². The molecule has 110 valence electrons. The Labute approximate surface area is 123 Å². The first kappa shape index (κ1) is 13.5. The van der Waals surface area contributed by atoms with Crippen LogP contribution in [0, 0.1) is 0 Å². The van der Waals surface area contributed by atoms with E-state index in [1.807, 2.05) is 44.4 Å². The fourth-order valence-corrected chi connectivity index (χ4v) is 2.44. The van der Waals surface area contributed by atoms with Gasteiger partial charge in [-0.2, -0.15) is 5.10 Å². The summed E-state index contributed by atoms with van der Waals surface area (Å²) in [6.07, 6.45) is 0. The van der Waals surface area contributed by atoms with Gasteiger partial charge >= 0.3 is 0 Å². The van der Waals surface area contributed by atoms with E-state index in [1.54, 1.807) is 9.58 Å². The number of carbonyl (C=O) groups is 1. The molecule has 2 heterocycles. The predicted molar refractivity (Wildman–Crippen MR) is 82.9 cm³/mol. The molecule has 3 rings (SSSR count). The lowest BCUT2D eigenvalue weighted by Gasteiger charge is -2.33. The summed E-state index contributed by atoms with van der Waals surface area (Å²) in [6.45, 7) is 2.06. The summed E-state index contributed by atoms with van der Waals surface area (Å²) >= 11 is 0. The first-order valence-corrected chi connectivity index (χ1v) is 6.93. The average Bonchev–Trinajstić information content (AvgIpc) is 2.82. The lowest BCUT2D eigenvalue weighted by atomic mass is 10.1. The molecule has 0 radical (unpaired) electrons. The van der Waals surface area contributed by atoms with Crippen LogP contribution in [0.5, 0.6) is 0 Å². The first-order chi connectivity index (χ1) is 10.0. The Morgan fingerprint density at radius 3 is 2.43 bits per heavy atom. The van der Waals surface area contributed by atoms with E-state index in [0.29, 0.717) is 12.4 Å². The number of carbonyl (C=O) groups excluding carboxylic acids is 1. The van der Waals surface area contributed by atoms with Crippen LogP contribution in [0.2, 0.25) is 0 Å². The van der Waals surface area contributed by atoms with E-state index in [9.17, 15) is 4.79 Å². The van der Waals surface area contributed by atoms with Crippen molar-refractivity contribution in [2.24, 2.45) is 7.05 Å². The number of anilines is 2. The largest absolute Gasteiger partial charge is 0.384 e. The molecule has 1 saturated heterocycles. The van der Waals surface area contributed by atoms with Gasteiger partial charge in [0.2, 0.25) is 5.91 Å². The second kappa shape index (κ2) is 5.12. The van der Waals surface area contributed by atoms with Crippen molar-refractivity contribution in [2.75, 3.05) is 37.3 Å². The Balaban J connectivity index is 1.79. The number of nitrogen functional groups attached to an aromatic ring is 1. The van der Waals surface area contributed by atoms with Gasteiger partial charge in [0.1, 0.15) is 5.82 Å². The van der Waals surface area contributed by atoms with E-state index in [-0.39, 0.29) is 5.91 Å². The van der Waals surface area contributed by atoms with Crippen LogP contribution in [-0.4, -0.2) is 47.3 Å². The second-order valence-electron chi connectivity index (χ2n) is 5.36. The van der Waals surface area contributed by atoms with Gasteiger partial charge in [-0.15, -0.1) is 0 Å². The fraction of sp³-hybridized carbons (Fsp3) is 0.333. The first-order valence-electron chi connectivity index (χ1n) is 6.93. The fourth-order valence-electron chi connectivity index (χ4n) is 2.44. The number of hydrogen-bond donors (Lipinski definition) is 1. The number of piperazine rings is 1. The van der Waals surface area contributed by atoms with Gasteiger partial charge in [-0.05, 0) is 12.1 Å². The summed E-state index contributed by atoms with van der Waals surface area (Å²) in [5.41, 5.74) is 8.74. The predicted octanol–water partition coefficient (Wildman–Crippen LogP) is 0.948. The van der Waals surface area contributed by atoms with Gasteiger partial charge in [-0.3, -0.25) is 9.48 Å². The Hall–Kier alpha value is -2.50. The molecule has 2 N–H and O–H groups in total. The summed E-state index contributed by atoms with van der Waals surface area (Å²) < 4.78 is 1.66. The zero-order chi connectivity index (χ0) is 15.0. The number of nitrogens with zero attached hydrogens (tertiary/aromatic N) is 4. The van der Waals surface area contributed by atoms with Gasteiger partial charge in [-0.1, -0.05) is 12.1 Å². The van der Waals surface area contributed by atoms with Crippen LogP contribution < -0.4 is 10.6 Å². The molecule has 0 unspecified atom stereocenters. The molecule has 0 spiro atoms. The van der Waals surface area contributed by atoms with Gasteiger partial charge in [0.05, 0.1) is 12.2 Å². The molecule has 21 heavy (non-hydrogen) atoms. The third-order valence-electron chi connectivity index (χ3n) is 3.90. The van der Waals surface area contributed by atoms with Crippen molar-refractivity contribution < 1.29 is 4.79 Å². The summed E-state index contributed by atoms with van der Waals surface area (Å²) in [5, 5.41) is 4.36. The standard InChI is InChI=1S/C15H19N5O/c1-18-7-8-20(10-15(18)21)12-5-3-11(4-6-12)13-9-14(16)19(2)17-13/h3-6,9H,7-8,10,16H2,1-2H3. The van der Waals surface area contributed by atoms with E-state index >= 15 is 0 Å². The molecule has 2 aromatic rings. The number of benzene rings is 1. The second-order valence-corrected chi connectivity index (χ2v) is 5.36. The van der Waals surface area contributed by atoms with Crippen LogP contribution >= 0.6 is 0 Å². The molecule has 0 aliphatic carbocycles. The number of rotatable bonds is 2. The normalized spacial score (nSPS) is 15.6. The number of hydrogen-bond acceptors (Lipinski definition) is 4. The number of amides is 1. The topological polar surface area (TPSA) is 67.4 Å². The molecule has 1 aromatic heterocycles. The number of aromatic nitrogens is 2. The van der Waals surface area contributed by atoms with Gasteiger partial charge in [0, 0.05) is 44.5 Å². The van der Waals surface area contributed by atoms with Crippen LogP contribution in [0.25, 0.3) is 11.3 Å². The molecule has 6 nitrogen and oxygen atoms in total. The lowest BCUT2D eigenvalue weighted by molar-refractivity contribution is -0.129. The minimum Gasteiger partial charge on any atom is -0.384 e. The minimum absolute atomic E-state index is 0.155. The van der Waals surface area contributed by atoms with Crippen molar-refractivity contribution in [3.05, 3.63) is 30.3 Å². The maximum absolute atomic E-state index is 11.8. The van der Waals surface area contributed by atoms with Crippen molar-refractivity contribution in [1.29, 1.82) is 0 Å². The number of nitrogens with two attached hydrogens (primary N) is 1. The molecule has 6 heteroatoms. The van der Waals surface area contributed by atoms with Crippen molar-refractivity contribution >= 4 is 17.4 Å². The summed E-state index contributed by atoms with van der Waals surface area (Å²) in [4.78, 5) is 15.6. The molecule has 1 amide bonds. The maximum atomic E-state index is 11.8. The van der Waals surface area contributed by atoms with Crippen molar-refractivity contribution in [2.45, 2.75) is 0 Å². The molecular weight excluding hydrogens is 266 g/mol. The summed E-state index contributed by atoms with van der Waals surface area (Å²) in [6, 6.07) is 9.94. The summed E-state index contributed by atoms with van der Waals surface area (Å²) in [5.74, 6) is 0.793. The quantitative estimate of drug-likeness (QED) is 0.892. The third-order valence-corrected chi connectivity index (χ3v) is 3.90. The number of aryl methyl sites for hydroxylation is 1. The summed E-state index contributed by atoms with van der Waals surface area (Å²) in [7, 11) is 3.66. The SMILES string of the molecule is CN1CCN(c2ccc(-c3cc(N)n(C)n3)cc2)CC1=O. The zero-order valence-corrected chi connectivity index (χ0v) is 12.3. The highest BCUT2D eigenvalue weighted by Gasteiger charge is 2.21. The van der Waals surface area contributed by atoms with Gasteiger partial charge in [-0.25, -0.2) is 0 Å². The Morgan fingerprint density at radius 1 is 1.14 bits per heavy atom. The molecule has 0 atom stereocenters. The van der Waals surface area contributed by atoms with Crippen molar-refractivity contribution in [3.63, 3.8) is 0 Å². The highest BCUT2D eigenvalue weighted by atomic mass is 16.2. The van der Waals surface area contributed by atoms with Crippen LogP contribution in [0.3, 0.4) is 0 Å². The molecule has 1 aliphatic heterocycles. The van der Waals surface area contributed by atoms with Crippen LogP contribution in [0.4, 0.5) is 11.5 Å². The molecule has 1 aromatic carbocycles. The Morgan fingerprint density at radius 2 is 1.86 bits per heavy atom. The maximum Gasteiger partial charge on any atom is 0.241 e. The molecule has 1 aliphatic rings. The van der Waals surface area contributed by atoms with Crippen LogP contribution in [-0.2, 0) is 11.8 Å². The highest BCUT2D eigenvalue weighted by Crippen LogP contribution is 2.24. The van der Waals surface area contributed by atoms with E-state index in [1.165, 1.54) is 0 Å². The van der Waals surface area contributed by atoms with E-state index in [0.717, 1.165) is 30.0 Å². The van der Waals surface area contributed by atoms with Crippen LogP contribution in [0.15, 0.2) is 30.3 Å². The molecule has 0 saturated carbocycles. The van der Waals surface area contributed by atoms with E-state index in [4.69, 9.17) is 5.73 Å². The number of likely N-dealkylation sites (N-methyl/N-ethyl adjacent to an activating group) is 1. The molecule has 1 fully saturated rings. The van der Waals surface area contributed by atoms with Crippen molar-refractivity contribution in [1.82, 2.24) is 14.7 Å². The van der Waals surface area contributed by atoms with Gasteiger partial charge < -0.3 is 15.5 Å². The smallest absolute Gasteiger partial charge is 0.241 e. The molecule has 0 bridgehead atoms.